The number of aromatic amines is 1. The first-order chi connectivity index (χ1) is 14.3. The van der Waals surface area contributed by atoms with Crippen molar-refractivity contribution >= 4 is 23.4 Å². The third-order valence-corrected chi connectivity index (χ3v) is 4.37. The van der Waals surface area contributed by atoms with Gasteiger partial charge in [-0.05, 0) is 25.5 Å². The van der Waals surface area contributed by atoms with Crippen LogP contribution in [0.5, 0.6) is 0 Å². The zero-order valence-electron chi connectivity index (χ0n) is 17.3. The summed E-state index contributed by atoms with van der Waals surface area (Å²) >= 11 is 0. The topological polar surface area (TPSA) is 137 Å². The molecule has 0 aliphatic rings. The molecular formula is C20H26N4O6. The Morgan fingerprint density at radius 2 is 1.87 bits per heavy atom. The van der Waals surface area contributed by atoms with Crippen LogP contribution in [-0.4, -0.2) is 48.3 Å². The SMILES string of the molecule is CCCn1c(N)c(N(CCOC)C(=O)COC(=O)c2ccc(C)cc2)c(=O)[nH]c1=O. The van der Waals surface area contributed by atoms with Crippen molar-refractivity contribution in [3.8, 4) is 0 Å². The molecular weight excluding hydrogens is 392 g/mol. The number of ether oxygens (including phenoxy) is 2. The minimum atomic E-state index is -0.806. The van der Waals surface area contributed by atoms with E-state index < -0.39 is 29.7 Å². The smallest absolute Gasteiger partial charge is 0.338 e. The molecule has 30 heavy (non-hydrogen) atoms. The number of hydrogen-bond donors (Lipinski definition) is 2. The quantitative estimate of drug-likeness (QED) is 0.571. The van der Waals surface area contributed by atoms with Crippen LogP contribution in [0.3, 0.4) is 0 Å². The van der Waals surface area contributed by atoms with Crippen molar-refractivity contribution in [3.63, 3.8) is 0 Å². The summed E-state index contributed by atoms with van der Waals surface area (Å²) in [6.07, 6.45) is 0.593. The highest BCUT2D eigenvalue weighted by atomic mass is 16.5. The Hall–Kier alpha value is -3.40. The third kappa shape index (κ3) is 5.35. The molecule has 3 N–H and O–H groups in total. The molecule has 10 heteroatoms. The lowest BCUT2D eigenvalue weighted by Crippen LogP contribution is -2.44. The molecule has 2 rings (SSSR count). The molecule has 1 aromatic heterocycles. The maximum atomic E-state index is 12.8. The minimum absolute atomic E-state index is 0.0188. The Balaban J connectivity index is 2.29. The molecule has 0 bridgehead atoms. The normalized spacial score (nSPS) is 10.6. The van der Waals surface area contributed by atoms with Gasteiger partial charge in [0.05, 0.1) is 12.2 Å². The summed E-state index contributed by atoms with van der Waals surface area (Å²) in [5.74, 6) is -1.49. The number of H-pyrrole nitrogens is 1. The van der Waals surface area contributed by atoms with Crippen LogP contribution in [0.2, 0.25) is 0 Å². The molecule has 1 amide bonds. The van der Waals surface area contributed by atoms with Crippen molar-refractivity contribution in [2.24, 2.45) is 0 Å². The fourth-order valence-corrected chi connectivity index (χ4v) is 2.81. The van der Waals surface area contributed by atoms with Gasteiger partial charge in [-0.25, -0.2) is 9.59 Å². The lowest BCUT2D eigenvalue weighted by molar-refractivity contribution is -0.121. The Morgan fingerprint density at radius 3 is 2.47 bits per heavy atom. The molecule has 162 valence electrons. The molecule has 0 spiro atoms. The van der Waals surface area contributed by atoms with Gasteiger partial charge < -0.3 is 15.2 Å². The second kappa shape index (κ2) is 10.4. The number of aromatic nitrogens is 2. The Kier molecular flexibility index (Phi) is 7.93. The predicted molar refractivity (Wildman–Crippen MR) is 112 cm³/mol. The van der Waals surface area contributed by atoms with E-state index in [1.165, 1.54) is 11.7 Å². The van der Waals surface area contributed by atoms with Gasteiger partial charge in [-0.2, -0.15) is 0 Å². The zero-order valence-corrected chi connectivity index (χ0v) is 17.3. The van der Waals surface area contributed by atoms with Crippen molar-refractivity contribution in [1.82, 2.24) is 9.55 Å². The number of nitrogens with zero attached hydrogens (tertiary/aromatic N) is 2. The summed E-state index contributed by atoms with van der Waals surface area (Å²) in [7, 11) is 1.44. The zero-order chi connectivity index (χ0) is 22.3. The van der Waals surface area contributed by atoms with Crippen LogP contribution in [0.4, 0.5) is 11.5 Å². The van der Waals surface area contributed by atoms with Crippen LogP contribution < -0.4 is 21.9 Å². The van der Waals surface area contributed by atoms with Gasteiger partial charge in [-0.3, -0.25) is 24.0 Å². The number of hydrogen-bond acceptors (Lipinski definition) is 7. The molecule has 0 unspecified atom stereocenters. The van der Waals surface area contributed by atoms with Crippen LogP contribution in [-0.2, 0) is 20.8 Å². The summed E-state index contributed by atoms with van der Waals surface area (Å²) in [5.41, 5.74) is 5.67. The molecule has 0 aliphatic heterocycles. The summed E-state index contributed by atoms with van der Waals surface area (Å²) in [5, 5.41) is 0. The highest BCUT2D eigenvalue weighted by Gasteiger charge is 2.25. The lowest BCUT2D eigenvalue weighted by Gasteiger charge is -2.24. The molecule has 2 aromatic rings. The number of anilines is 2. The van der Waals surface area contributed by atoms with Gasteiger partial charge in [0.15, 0.2) is 12.3 Å². The number of nitrogen functional groups attached to an aromatic ring is 1. The molecule has 0 fully saturated rings. The monoisotopic (exact) mass is 418 g/mol. The van der Waals surface area contributed by atoms with Crippen molar-refractivity contribution in [2.45, 2.75) is 26.8 Å². The predicted octanol–water partition coefficient (Wildman–Crippen LogP) is 0.674. The van der Waals surface area contributed by atoms with Crippen LogP contribution in [0.15, 0.2) is 33.9 Å². The molecule has 1 aromatic carbocycles. The number of nitrogens with two attached hydrogens (primary N) is 1. The number of esters is 1. The maximum absolute atomic E-state index is 12.8. The number of carbonyl (C=O) groups is 2. The van der Waals surface area contributed by atoms with E-state index in [9.17, 15) is 19.2 Å². The molecule has 0 aliphatic carbocycles. The first kappa shape index (κ1) is 22.9. The number of methoxy groups -OCH3 is 1. The number of nitrogens with one attached hydrogen (secondary N) is 1. The standard InChI is InChI=1S/C20H26N4O6/c1-4-9-24-17(21)16(18(26)22-20(24)28)23(10-11-29-3)15(25)12-30-19(27)14-7-5-13(2)6-8-14/h5-8H,4,9-12,21H2,1-3H3,(H,22,26,28). The van der Waals surface area contributed by atoms with Crippen LogP contribution in [0.1, 0.15) is 29.3 Å². The van der Waals surface area contributed by atoms with Gasteiger partial charge in [0, 0.05) is 20.2 Å². The van der Waals surface area contributed by atoms with E-state index in [2.05, 4.69) is 4.98 Å². The highest BCUT2D eigenvalue weighted by molar-refractivity contribution is 5.98. The molecule has 1 heterocycles. The first-order valence-corrected chi connectivity index (χ1v) is 9.45. The third-order valence-electron chi connectivity index (χ3n) is 4.37. The molecule has 0 saturated heterocycles. The molecule has 10 nitrogen and oxygen atoms in total. The van der Waals surface area contributed by atoms with Crippen molar-refractivity contribution in [3.05, 3.63) is 56.2 Å². The van der Waals surface area contributed by atoms with E-state index >= 15 is 0 Å². The van der Waals surface area contributed by atoms with E-state index in [1.54, 1.807) is 24.3 Å². The minimum Gasteiger partial charge on any atom is -0.452 e. The summed E-state index contributed by atoms with van der Waals surface area (Å²) in [6, 6.07) is 6.68. The lowest BCUT2D eigenvalue weighted by atomic mass is 10.1. The van der Waals surface area contributed by atoms with Gasteiger partial charge in [-0.15, -0.1) is 0 Å². The Labute approximate surface area is 173 Å². The maximum Gasteiger partial charge on any atom is 0.338 e. The Morgan fingerprint density at radius 1 is 1.20 bits per heavy atom. The van der Waals surface area contributed by atoms with E-state index in [4.69, 9.17) is 15.2 Å². The van der Waals surface area contributed by atoms with E-state index in [0.717, 1.165) is 10.5 Å². The van der Waals surface area contributed by atoms with Crippen LogP contribution in [0.25, 0.3) is 0 Å². The fraction of sp³-hybridized carbons (Fsp3) is 0.400. The largest absolute Gasteiger partial charge is 0.452 e. The number of benzene rings is 1. The van der Waals surface area contributed by atoms with Gasteiger partial charge in [0.25, 0.3) is 11.5 Å². The van der Waals surface area contributed by atoms with Crippen molar-refractivity contribution in [1.29, 1.82) is 0 Å². The van der Waals surface area contributed by atoms with Crippen LogP contribution in [0, 0.1) is 6.92 Å². The van der Waals surface area contributed by atoms with Crippen molar-refractivity contribution in [2.75, 3.05) is 37.5 Å². The fourth-order valence-electron chi connectivity index (χ4n) is 2.81. The second-order valence-electron chi connectivity index (χ2n) is 6.63. The Bertz CT molecular complexity index is 1010. The molecule has 0 radical (unpaired) electrons. The number of aryl methyl sites for hydroxylation is 1. The first-order valence-electron chi connectivity index (χ1n) is 9.45. The number of carbonyl (C=O) groups excluding carboxylic acids is 2. The van der Waals surface area contributed by atoms with Gasteiger partial charge in [-0.1, -0.05) is 24.6 Å². The van der Waals surface area contributed by atoms with Gasteiger partial charge >= 0.3 is 11.7 Å². The average molecular weight is 418 g/mol. The number of amides is 1. The summed E-state index contributed by atoms with van der Waals surface area (Å²) in [4.78, 5) is 52.7. The molecule has 0 atom stereocenters. The second-order valence-corrected chi connectivity index (χ2v) is 6.63. The summed E-state index contributed by atoms with van der Waals surface area (Å²) < 4.78 is 11.3. The van der Waals surface area contributed by atoms with Crippen molar-refractivity contribution < 1.29 is 19.1 Å². The average Bonchev–Trinajstić information content (AvgIpc) is 2.71. The van der Waals surface area contributed by atoms with E-state index in [1.807, 2.05) is 13.8 Å². The highest BCUT2D eigenvalue weighted by Crippen LogP contribution is 2.17. The molecule has 0 saturated carbocycles. The van der Waals surface area contributed by atoms with E-state index in [-0.39, 0.29) is 31.2 Å². The summed E-state index contributed by atoms with van der Waals surface area (Å²) in [6.45, 7) is 3.46. The van der Waals surface area contributed by atoms with Crippen LogP contribution >= 0.6 is 0 Å². The van der Waals surface area contributed by atoms with Gasteiger partial charge in [0.2, 0.25) is 0 Å². The van der Waals surface area contributed by atoms with E-state index in [0.29, 0.717) is 12.0 Å². The van der Waals surface area contributed by atoms with Gasteiger partial charge in [0.1, 0.15) is 5.82 Å². The number of rotatable bonds is 9.